The second-order valence-corrected chi connectivity index (χ2v) is 7.56. The van der Waals surface area contributed by atoms with Crippen LogP contribution in [0.5, 0.6) is 0 Å². The molecule has 0 saturated carbocycles. The van der Waals surface area contributed by atoms with Crippen molar-refractivity contribution >= 4 is 17.5 Å². The van der Waals surface area contributed by atoms with E-state index in [1.165, 1.54) is 10.5 Å². The van der Waals surface area contributed by atoms with Gasteiger partial charge in [-0.25, -0.2) is 0 Å². The van der Waals surface area contributed by atoms with Crippen LogP contribution in [0.4, 0.5) is 5.69 Å². The van der Waals surface area contributed by atoms with Crippen LogP contribution in [0.25, 0.3) is 0 Å². The molecule has 2 aromatic carbocycles. The molecule has 3 rings (SSSR count). The summed E-state index contributed by atoms with van der Waals surface area (Å²) in [6.45, 7) is 7.76. The molecule has 0 bridgehead atoms. The molecule has 0 radical (unpaired) electrons. The molecule has 0 aliphatic carbocycles. The first-order valence-electron chi connectivity index (χ1n) is 10.1. The van der Waals surface area contributed by atoms with E-state index in [1.807, 2.05) is 47.4 Å². The summed E-state index contributed by atoms with van der Waals surface area (Å²) >= 11 is 0. The van der Waals surface area contributed by atoms with Gasteiger partial charge in [0.1, 0.15) is 0 Å². The summed E-state index contributed by atoms with van der Waals surface area (Å²) in [5, 5.41) is 2.99. The molecule has 2 N–H and O–H groups in total. The zero-order chi connectivity index (χ0) is 19.9. The molecule has 1 saturated heterocycles. The number of amides is 2. The van der Waals surface area contributed by atoms with E-state index >= 15 is 0 Å². The topological polar surface area (TPSA) is 53.9 Å². The Morgan fingerprint density at radius 3 is 2.29 bits per heavy atom. The molecular formula is C23H30N3O2+. The van der Waals surface area contributed by atoms with Gasteiger partial charge in [0.15, 0.2) is 6.54 Å². The quantitative estimate of drug-likeness (QED) is 0.807. The molecule has 2 aromatic rings. The minimum atomic E-state index is 0.0223. The van der Waals surface area contributed by atoms with Crippen LogP contribution in [0.1, 0.15) is 42.1 Å². The number of carbonyl (C=O) groups is 2. The smallest absolute Gasteiger partial charge is 0.279 e. The number of benzene rings is 2. The van der Waals surface area contributed by atoms with Gasteiger partial charge >= 0.3 is 0 Å². The lowest BCUT2D eigenvalue weighted by atomic mass is 9.99. The first-order chi connectivity index (χ1) is 13.6. The second-order valence-electron chi connectivity index (χ2n) is 7.56. The number of anilines is 1. The number of nitrogens with zero attached hydrogens (tertiary/aromatic N) is 1. The number of nitrogens with one attached hydrogen (secondary N) is 2. The Balaban J connectivity index is 1.45. The highest BCUT2D eigenvalue weighted by Crippen LogP contribution is 2.20. The lowest BCUT2D eigenvalue weighted by molar-refractivity contribution is -0.895. The summed E-state index contributed by atoms with van der Waals surface area (Å²) in [6.07, 6.45) is 1.10. The summed E-state index contributed by atoms with van der Waals surface area (Å²) in [5.41, 5.74) is 2.87. The molecule has 28 heavy (non-hydrogen) atoms. The van der Waals surface area contributed by atoms with Crippen molar-refractivity contribution in [2.45, 2.75) is 26.2 Å². The van der Waals surface area contributed by atoms with Crippen LogP contribution >= 0.6 is 0 Å². The number of quaternary nitrogens is 1. The van der Waals surface area contributed by atoms with Crippen molar-refractivity contribution in [3.63, 3.8) is 0 Å². The molecule has 1 aliphatic heterocycles. The fourth-order valence-electron chi connectivity index (χ4n) is 3.53. The molecule has 5 nitrogen and oxygen atoms in total. The van der Waals surface area contributed by atoms with Gasteiger partial charge in [0.25, 0.3) is 11.8 Å². The Labute approximate surface area is 167 Å². The highest BCUT2D eigenvalue weighted by Gasteiger charge is 2.25. The predicted octanol–water partition coefficient (Wildman–Crippen LogP) is 2.18. The lowest BCUT2D eigenvalue weighted by Gasteiger charge is -2.32. The van der Waals surface area contributed by atoms with E-state index in [0.29, 0.717) is 25.6 Å². The molecule has 0 aromatic heterocycles. The van der Waals surface area contributed by atoms with Gasteiger partial charge in [0.05, 0.1) is 26.2 Å². The third kappa shape index (κ3) is 5.20. The molecule has 0 spiro atoms. The first-order valence-corrected chi connectivity index (χ1v) is 10.1. The van der Waals surface area contributed by atoms with E-state index in [2.05, 4.69) is 31.3 Å². The number of rotatable bonds is 6. The highest BCUT2D eigenvalue weighted by molar-refractivity contribution is 5.94. The standard InChI is InChI=1S/C23H29N3O2/c1-3-18(2)19-9-11-21(12-10-19)24-22(27)17-25-13-15-26(16-14-25)23(28)20-7-5-4-6-8-20/h4-12,18H,3,13-17H2,1-2H3,(H,24,27)/p+1/t18-/m0/s1. The monoisotopic (exact) mass is 380 g/mol. The molecule has 1 atom stereocenters. The maximum absolute atomic E-state index is 12.5. The minimum Gasteiger partial charge on any atom is -0.327 e. The van der Waals surface area contributed by atoms with Crippen LogP contribution in [0.15, 0.2) is 54.6 Å². The minimum absolute atomic E-state index is 0.0223. The normalized spacial score (nSPS) is 15.9. The highest BCUT2D eigenvalue weighted by atomic mass is 16.2. The third-order valence-corrected chi connectivity index (χ3v) is 5.56. The van der Waals surface area contributed by atoms with Crippen molar-refractivity contribution in [2.24, 2.45) is 0 Å². The van der Waals surface area contributed by atoms with Gasteiger partial charge in [-0.05, 0) is 42.2 Å². The van der Waals surface area contributed by atoms with E-state index in [9.17, 15) is 9.59 Å². The predicted molar refractivity (Wildman–Crippen MR) is 112 cm³/mol. The fourth-order valence-corrected chi connectivity index (χ4v) is 3.53. The van der Waals surface area contributed by atoms with E-state index in [4.69, 9.17) is 0 Å². The van der Waals surface area contributed by atoms with Crippen molar-refractivity contribution in [1.29, 1.82) is 0 Å². The molecule has 0 unspecified atom stereocenters. The van der Waals surface area contributed by atoms with E-state index in [-0.39, 0.29) is 11.8 Å². The number of carbonyl (C=O) groups excluding carboxylic acids is 2. The third-order valence-electron chi connectivity index (χ3n) is 5.56. The fraction of sp³-hybridized carbons (Fsp3) is 0.391. The first kappa shape index (κ1) is 20.1. The number of piperazine rings is 1. The molecular weight excluding hydrogens is 350 g/mol. The Bertz CT molecular complexity index is 781. The van der Waals surface area contributed by atoms with Crippen LogP contribution in [0.3, 0.4) is 0 Å². The van der Waals surface area contributed by atoms with Crippen molar-refractivity contribution in [1.82, 2.24) is 4.90 Å². The summed E-state index contributed by atoms with van der Waals surface area (Å²) in [6, 6.07) is 17.5. The molecule has 148 valence electrons. The van der Waals surface area contributed by atoms with Crippen molar-refractivity contribution in [2.75, 3.05) is 38.0 Å². The molecule has 1 aliphatic rings. The largest absolute Gasteiger partial charge is 0.327 e. The van der Waals surface area contributed by atoms with Crippen molar-refractivity contribution in [3.05, 3.63) is 65.7 Å². The van der Waals surface area contributed by atoms with E-state index in [1.54, 1.807) is 0 Å². The Kier molecular flexibility index (Phi) is 6.82. The van der Waals surface area contributed by atoms with Gasteiger partial charge in [0.2, 0.25) is 0 Å². The number of hydrogen-bond donors (Lipinski definition) is 2. The Hall–Kier alpha value is -2.66. The summed E-state index contributed by atoms with van der Waals surface area (Å²) in [5.74, 6) is 0.628. The summed E-state index contributed by atoms with van der Waals surface area (Å²) in [7, 11) is 0. The molecule has 5 heteroatoms. The van der Waals surface area contributed by atoms with Crippen molar-refractivity contribution < 1.29 is 14.5 Å². The van der Waals surface area contributed by atoms with Crippen LogP contribution in [-0.2, 0) is 4.79 Å². The van der Waals surface area contributed by atoms with Crippen LogP contribution < -0.4 is 10.2 Å². The molecule has 1 heterocycles. The summed E-state index contributed by atoms with van der Waals surface area (Å²) < 4.78 is 0. The van der Waals surface area contributed by atoms with Crippen LogP contribution in [-0.4, -0.2) is 49.4 Å². The van der Waals surface area contributed by atoms with Gasteiger partial charge in [0, 0.05) is 11.3 Å². The van der Waals surface area contributed by atoms with Gasteiger partial charge in [-0.1, -0.05) is 44.2 Å². The number of hydrogen-bond acceptors (Lipinski definition) is 2. The van der Waals surface area contributed by atoms with Crippen molar-refractivity contribution in [3.8, 4) is 0 Å². The summed E-state index contributed by atoms with van der Waals surface area (Å²) in [4.78, 5) is 28.0. The average Bonchev–Trinajstić information content (AvgIpc) is 2.74. The van der Waals surface area contributed by atoms with E-state index in [0.717, 1.165) is 30.8 Å². The Morgan fingerprint density at radius 1 is 1.04 bits per heavy atom. The van der Waals surface area contributed by atoms with Crippen LogP contribution in [0, 0.1) is 0 Å². The maximum atomic E-state index is 12.5. The SMILES string of the molecule is CC[C@H](C)c1ccc(NC(=O)C[NH+]2CCN(C(=O)c3ccccc3)CC2)cc1. The molecule has 2 amide bonds. The van der Waals surface area contributed by atoms with Gasteiger partial charge < -0.3 is 15.1 Å². The zero-order valence-electron chi connectivity index (χ0n) is 16.8. The Morgan fingerprint density at radius 2 is 1.68 bits per heavy atom. The maximum Gasteiger partial charge on any atom is 0.279 e. The van der Waals surface area contributed by atoms with E-state index < -0.39 is 0 Å². The molecule has 1 fully saturated rings. The zero-order valence-corrected chi connectivity index (χ0v) is 16.8. The second kappa shape index (κ2) is 9.51. The van der Waals surface area contributed by atoms with Gasteiger partial charge in [-0.3, -0.25) is 9.59 Å². The lowest BCUT2D eigenvalue weighted by Crippen LogP contribution is -3.15. The van der Waals surface area contributed by atoms with Gasteiger partial charge in [-0.2, -0.15) is 0 Å². The van der Waals surface area contributed by atoms with Crippen LogP contribution in [0.2, 0.25) is 0 Å². The average molecular weight is 381 g/mol. The van der Waals surface area contributed by atoms with Gasteiger partial charge in [-0.15, -0.1) is 0 Å².